The van der Waals surface area contributed by atoms with Crippen molar-refractivity contribution in [1.82, 2.24) is 19.9 Å². The van der Waals surface area contributed by atoms with Crippen LogP contribution in [0.1, 0.15) is 30.8 Å². The van der Waals surface area contributed by atoms with E-state index in [4.69, 9.17) is 5.73 Å². The highest BCUT2D eigenvalue weighted by atomic mass is 15.3. The SMILES string of the molecule is C[C@@H](c1nc(N)nc(N(C)C)n1)N(C)CCCc1ccccc1. The summed E-state index contributed by atoms with van der Waals surface area (Å²) in [5.74, 6) is 1.57. The highest BCUT2D eigenvalue weighted by molar-refractivity contribution is 5.33. The molecule has 0 saturated carbocycles. The third kappa shape index (κ3) is 4.89. The molecule has 0 radical (unpaired) electrons. The molecule has 0 aliphatic carbocycles. The molecule has 1 aromatic heterocycles. The van der Waals surface area contributed by atoms with Gasteiger partial charge in [-0.1, -0.05) is 30.3 Å². The quantitative estimate of drug-likeness (QED) is 0.844. The van der Waals surface area contributed by atoms with Gasteiger partial charge < -0.3 is 10.6 Å². The second kappa shape index (κ2) is 7.87. The Morgan fingerprint density at radius 2 is 1.74 bits per heavy atom. The van der Waals surface area contributed by atoms with Crippen molar-refractivity contribution in [1.29, 1.82) is 0 Å². The van der Waals surface area contributed by atoms with Crippen molar-refractivity contribution in [3.8, 4) is 0 Å². The number of hydrogen-bond acceptors (Lipinski definition) is 6. The molecule has 1 aromatic carbocycles. The zero-order valence-corrected chi connectivity index (χ0v) is 14.4. The second-order valence-corrected chi connectivity index (χ2v) is 5.99. The van der Waals surface area contributed by atoms with Crippen LogP contribution in [-0.4, -0.2) is 47.5 Å². The largest absolute Gasteiger partial charge is 0.368 e. The summed E-state index contributed by atoms with van der Waals surface area (Å²) in [6.45, 7) is 3.07. The zero-order valence-electron chi connectivity index (χ0n) is 14.4. The van der Waals surface area contributed by atoms with Crippen LogP contribution in [0.2, 0.25) is 0 Å². The van der Waals surface area contributed by atoms with Gasteiger partial charge in [-0.05, 0) is 38.9 Å². The van der Waals surface area contributed by atoms with Gasteiger partial charge in [-0.25, -0.2) is 0 Å². The molecule has 1 atom stereocenters. The molecule has 2 N–H and O–H groups in total. The molecule has 6 nitrogen and oxygen atoms in total. The molecule has 124 valence electrons. The minimum absolute atomic E-state index is 0.0924. The fraction of sp³-hybridized carbons (Fsp3) is 0.471. The van der Waals surface area contributed by atoms with Gasteiger partial charge in [0, 0.05) is 14.1 Å². The number of benzene rings is 1. The Bertz CT molecular complexity index is 614. The fourth-order valence-corrected chi connectivity index (χ4v) is 2.35. The minimum atomic E-state index is 0.0924. The highest BCUT2D eigenvalue weighted by Crippen LogP contribution is 2.18. The lowest BCUT2D eigenvalue weighted by molar-refractivity contribution is 0.249. The number of nitrogen functional groups attached to an aromatic ring is 1. The van der Waals surface area contributed by atoms with E-state index < -0.39 is 0 Å². The summed E-state index contributed by atoms with van der Waals surface area (Å²) < 4.78 is 0. The molecular weight excluding hydrogens is 288 g/mol. The van der Waals surface area contributed by atoms with Gasteiger partial charge in [-0.2, -0.15) is 15.0 Å². The molecule has 0 spiro atoms. The molecule has 6 heteroatoms. The normalized spacial score (nSPS) is 12.4. The molecule has 23 heavy (non-hydrogen) atoms. The molecule has 0 bridgehead atoms. The van der Waals surface area contributed by atoms with Gasteiger partial charge in [0.1, 0.15) is 0 Å². The van der Waals surface area contributed by atoms with Gasteiger partial charge >= 0.3 is 0 Å². The summed E-state index contributed by atoms with van der Waals surface area (Å²) in [7, 11) is 5.88. The Morgan fingerprint density at radius 3 is 2.39 bits per heavy atom. The molecule has 0 aliphatic heterocycles. The first-order chi connectivity index (χ1) is 11.0. The first kappa shape index (κ1) is 17.1. The van der Waals surface area contributed by atoms with Gasteiger partial charge in [-0.15, -0.1) is 0 Å². The summed E-state index contributed by atoms with van der Waals surface area (Å²) >= 11 is 0. The fourth-order valence-electron chi connectivity index (χ4n) is 2.35. The Kier molecular flexibility index (Phi) is 5.87. The Hall–Kier alpha value is -2.21. The number of nitrogens with two attached hydrogens (primary N) is 1. The molecule has 1 heterocycles. The number of hydrogen-bond donors (Lipinski definition) is 1. The van der Waals surface area contributed by atoms with E-state index in [2.05, 4.69) is 58.1 Å². The van der Waals surface area contributed by atoms with Crippen molar-refractivity contribution >= 4 is 11.9 Å². The molecular formula is C17H26N6. The molecule has 2 rings (SSSR count). The van der Waals surface area contributed by atoms with Crippen molar-refractivity contribution in [2.45, 2.75) is 25.8 Å². The van der Waals surface area contributed by atoms with Gasteiger partial charge in [0.15, 0.2) is 5.82 Å². The van der Waals surface area contributed by atoms with E-state index in [1.165, 1.54) is 5.56 Å². The molecule has 0 unspecified atom stereocenters. The summed E-state index contributed by atoms with van der Waals surface area (Å²) in [4.78, 5) is 17.0. The van der Waals surface area contributed by atoms with Crippen molar-refractivity contribution in [2.75, 3.05) is 38.3 Å². The third-order valence-corrected chi connectivity index (χ3v) is 3.91. The van der Waals surface area contributed by atoms with Crippen LogP contribution in [0.5, 0.6) is 0 Å². The number of rotatable bonds is 7. The van der Waals surface area contributed by atoms with E-state index in [0.29, 0.717) is 11.8 Å². The van der Waals surface area contributed by atoms with Crippen LogP contribution in [0.15, 0.2) is 30.3 Å². The number of nitrogens with zero attached hydrogens (tertiary/aromatic N) is 5. The summed E-state index contributed by atoms with van der Waals surface area (Å²) in [6, 6.07) is 10.6. The lowest BCUT2D eigenvalue weighted by Crippen LogP contribution is -2.27. The second-order valence-electron chi connectivity index (χ2n) is 5.99. The lowest BCUT2D eigenvalue weighted by atomic mass is 10.1. The van der Waals surface area contributed by atoms with Crippen molar-refractivity contribution in [2.24, 2.45) is 0 Å². The van der Waals surface area contributed by atoms with Gasteiger partial charge in [0.2, 0.25) is 11.9 Å². The van der Waals surface area contributed by atoms with E-state index >= 15 is 0 Å². The van der Waals surface area contributed by atoms with Crippen LogP contribution < -0.4 is 10.6 Å². The Morgan fingerprint density at radius 1 is 1.04 bits per heavy atom. The topological polar surface area (TPSA) is 71.2 Å². The average Bonchev–Trinajstić information content (AvgIpc) is 2.54. The van der Waals surface area contributed by atoms with E-state index in [1.807, 2.05) is 25.1 Å². The van der Waals surface area contributed by atoms with E-state index in [9.17, 15) is 0 Å². The minimum Gasteiger partial charge on any atom is -0.368 e. The highest BCUT2D eigenvalue weighted by Gasteiger charge is 2.17. The summed E-state index contributed by atoms with van der Waals surface area (Å²) in [5.41, 5.74) is 7.17. The third-order valence-electron chi connectivity index (χ3n) is 3.91. The smallest absolute Gasteiger partial charge is 0.229 e. The summed E-state index contributed by atoms with van der Waals surface area (Å²) in [6.07, 6.45) is 2.16. The lowest BCUT2D eigenvalue weighted by Gasteiger charge is -2.24. The molecule has 0 aliphatic rings. The maximum absolute atomic E-state index is 5.80. The van der Waals surface area contributed by atoms with E-state index in [0.717, 1.165) is 19.4 Å². The monoisotopic (exact) mass is 314 g/mol. The first-order valence-electron chi connectivity index (χ1n) is 7.90. The Balaban J connectivity index is 1.95. The van der Waals surface area contributed by atoms with Gasteiger partial charge in [0.25, 0.3) is 0 Å². The van der Waals surface area contributed by atoms with Crippen molar-refractivity contribution in [3.63, 3.8) is 0 Å². The maximum Gasteiger partial charge on any atom is 0.229 e. The van der Waals surface area contributed by atoms with Crippen LogP contribution in [0.25, 0.3) is 0 Å². The van der Waals surface area contributed by atoms with Crippen LogP contribution >= 0.6 is 0 Å². The van der Waals surface area contributed by atoms with Crippen LogP contribution in [0, 0.1) is 0 Å². The number of aromatic nitrogens is 3. The number of anilines is 2. The zero-order chi connectivity index (χ0) is 16.8. The molecule has 0 saturated heterocycles. The predicted octanol–water partition coefficient (Wildman–Crippen LogP) is 2.15. The van der Waals surface area contributed by atoms with Crippen molar-refractivity contribution < 1.29 is 0 Å². The Labute approximate surface area is 138 Å². The standard InChI is InChI=1S/C17H26N6/c1-13(15-19-16(18)21-17(20-15)22(2)3)23(4)12-8-11-14-9-6-5-7-10-14/h5-7,9-10,13H,8,11-12H2,1-4H3,(H2,18,19,20,21)/t13-/m0/s1. The predicted molar refractivity (Wildman–Crippen MR) is 94.4 cm³/mol. The van der Waals surface area contributed by atoms with E-state index in [-0.39, 0.29) is 12.0 Å². The van der Waals surface area contributed by atoms with Crippen molar-refractivity contribution in [3.05, 3.63) is 41.7 Å². The van der Waals surface area contributed by atoms with Crippen LogP contribution in [-0.2, 0) is 6.42 Å². The molecule has 0 fully saturated rings. The first-order valence-corrected chi connectivity index (χ1v) is 7.90. The molecule has 2 aromatic rings. The van der Waals surface area contributed by atoms with Gasteiger partial charge in [-0.3, -0.25) is 4.90 Å². The van der Waals surface area contributed by atoms with Gasteiger partial charge in [0.05, 0.1) is 6.04 Å². The number of aryl methyl sites for hydroxylation is 1. The summed E-state index contributed by atoms with van der Waals surface area (Å²) in [5, 5.41) is 0. The molecule has 0 amide bonds. The van der Waals surface area contributed by atoms with E-state index in [1.54, 1.807) is 0 Å². The van der Waals surface area contributed by atoms with Crippen LogP contribution in [0.4, 0.5) is 11.9 Å². The maximum atomic E-state index is 5.80. The average molecular weight is 314 g/mol. The van der Waals surface area contributed by atoms with Crippen LogP contribution in [0.3, 0.4) is 0 Å².